The Bertz CT molecular complexity index is 1560. The van der Waals surface area contributed by atoms with E-state index in [0.29, 0.717) is 34.4 Å². The molecule has 5 rings (SSSR count). The first-order valence-electron chi connectivity index (χ1n) is 10.5. The molecule has 0 radical (unpaired) electrons. The number of aromatic nitrogens is 4. The number of carbonyl (C=O) groups excluding carboxylic acids is 1. The molecule has 0 saturated heterocycles. The number of hydrogen-bond acceptors (Lipinski definition) is 6. The molecule has 2 heterocycles. The van der Waals surface area contributed by atoms with E-state index in [0.717, 1.165) is 16.9 Å². The topological polar surface area (TPSA) is 101 Å². The molecule has 0 fully saturated rings. The average molecular weight is 472 g/mol. The highest BCUT2D eigenvalue weighted by Crippen LogP contribution is 2.25. The van der Waals surface area contributed by atoms with Crippen LogP contribution in [0.3, 0.4) is 0 Å². The van der Waals surface area contributed by atoms with Crippen molar-refractivity contribution in [3.05, 3.63) is 88.2 Å². The lowest BCUT2D eigenvalue weighted by molar-refractivity contribution is 0.0951. The molecule has 2 aromatic heterocycles. The van der Waals surface area contributed by atoms with E-state index in [9.17, 15) is 9.59 Å². The highest BCUT2D eigenvalue weighted by Gasteiger charge is 2.16. The fourth-order valence-electron chi connectivity index (χ4n) is 3.74. The van der Waals surface area contributed by atoms with Gasteiger partial charge < -0.3 is 10.1 Å². The van der Waals surface area contributed by atoms with Crippen LogP contribution in [0.1, 0.15) is 15.9 Å². The van der Waals surface area contributed by atoms with Crippen LogP contribution >= 0.6 is 11.8 Å². The molecule has 0 aliphatic rings. The molecule has 5 aromatic rings. The predicted molar refractivity (Wildman–Crippen MR) is 132 cm³/mol. The first-order valence-corrected chi connectivity index (χ1v) is 11.8. The standard InChI is InChI=1S/C25H21N5O3S/c1-33-18-8-5-16(6-9-18)22-23-27-25(32)20-12-7-17(13-21(20)30(23)29-28-22)24(31)26-14-15-3-10-19(34-2)11-4-15/h3-13,29H,14H2,1-2H3,(H,26,31). The van der Waals surface area contributed by atoms with Crippen molar-refractivity contribution < 1.29 is 9.53 Å². The zero-order chi connectivity index (χ0) is 23.7. The van der Waals surface area contributed by atoms with Crippen molar-refractivity contribution in [2.24, 2.45) is 0 Å². The summed E-state index contributed by atoms with van der Waals surface area (Å²) in [4.78, 5) is 31.0. The van der Waals surface area contributed by atoms with Crippen LogP contribution in [0.5, 0.6) is 5.75 Å². The van der Waals surface area contributed by atoms with Gasteiger partial charge in [0.05, 0.1) is 18.0 Å². The smallest absolute Gasteiger partial charge is 0.281 e. The van der Waals surface area contributed by atoms with Crippen molar-refractivity contribution in [3.63, 3.8) is 0 Å². The quantitative estimate of drug-likeness (QED) is 0.364. The summed E-state index contributed by atoms with van der Waals surface area (Å²) in [5.74, 6) is 0.485. The van der Waals surface area contributed by atoms with Crippen molar-refractivity contribution in [3.8, 4) is 17.0 Å². The summed E-state index contributed by atoms with van der Waals surface area (Å²) < 4.78 is 6.83. The third-order valence-corrected chi connectivity index (χ3v) is 6.34. The van der Waals surface area contributed by atoms with Gasteiger partial charge in [-0.05, 0) is 66.4 Å². The number of methoxy groups -OCH3 is 1. The number of carbonyl (C=O) groups is 1. The number of rotatable bonds is 6. The zero-order valence-corrected chi connectivity index (χ0v) is 19.3. The Morgan fingerprint density at radius 3 is 2.56 bits per heavy atom. The van der Waals surface area contributed by atoms with Gasteiger partial charge >= 0.3 is 0 Å². The van der Waals surface area contributed by atoms with Gasteiger partial charge in [-0.15, -0.1) is 11.8 Å². The van der Waals surface area contributed by atoms with Crippen molar-refractivity contribution >= 4 is 34.2 Å². The van der Waals surface area contributed by atoms with Gasteiger partial charge in [-0.2, -0.15) is 10.1 Å². The molecule has 9 heteroatoms. The minimum atomic E-state index is -0.382. The van der Waals surface area contributed by atoms with Gasteiger partial charge in [0.1, 0.15) is 11.4 Å². The van der Waals surface area contributed by atoms with Crippen LogP contribution in [0.4, 0.5) is 0 Å². The maximum Gasteiger partial charge on any atom is 0.281 e. The second-order valence-electron chi connectivity index (χ2n) is 7.63. The Balaban J connectivity index is 1.48. The minimum absolute atomic E-state index is 0.233. The number of H-pyrrole nitrogens is 1. The number of amides is 1. The maximum absolute atomic E-state index is 12.8. The summed E-state index contributed by atoms with van der Waals surface area (Å²) >= 11 is 1.67. The number of nitrogens with one attached hydrogen (secondary N) is 2. The van der Waals surface area contributed by atoms with Gasteiger partial charge in [-0.3, -0.25) is 9.59 Å². The fraction of sp³-hybridized carbons (Fsp3) is 0.120. The van der Waals surface area contributed by atoms with E-state index < -0.39 is 0 Å². The third kappa shape index (κ3) is 4.01. The van der Waals surface area contributed by atoms with E-state index in [-0.39, 0.29) is 11.5 Å². The summed E-state index contributed by atoms with van der Waals surface area (Å²) in [5, 5.41) is 10.6. The second kappa shape index (κ2) is 9.03. The Kier molecular flexibility index (Phi) is 5.77. The Morgan fingerprint density at radius 2 is 1.85 bits per heavy atom. The first kappa shape index (κ1) is 21.7. The van der Waals surface area contributed by atoms with Gasteiger partial charge in [0.2, 0.25) is 0 Å². The maximum atomic E-state index is 12.8. The molecule has 0 aliphatic heterocycles. The van der Waals surface area contributed by atoms with Crippen molar-refractivity contribution in [1.82, 2.24) is 25.1 Å². The summed E-state index contributed by atoms with van der Waals surface area (Å²) in [7, 11) is 1.60. The van der Waals surface area contributed by atoms with E-state index in [2.05, 4.69) is 20.6 Å². The molecular formula is C25H21N5O3S. The number of thioether (sulfide) groups is 1. The lowest BCUT2D eigenvalue weighted by Gasteiger charge is -2.08. The average Bonchev–Trinajstić information content (AvgIpc) is 3.31. The molecule has 170 valence electrons. The van der Waals surface area contributed by atoms with Crippen LogP contribution in [0.2, 0.25) is 0 Å². The minimum Gasteiger partial charge on any atom is -0.497 e. The van der Waals surface area contributed by atoms with Crippen LogP contribution < -0.4 is 15.6 Å². The SMILES string of the molecule is COc1ccc(-c2n[nH]n3c2nc(=O)c2ccc(C(=O)NCc4ccc(SC)cc4)cc23)cc1. The van der Waals surface area contributed by atoms with Crippen molar-refractivity contribution in [2.75, 3.05) is 13.4 Å². The van der Waals surface area contributed by atoms with E-state index in [1.807, 2.05) is 54.8 Å². The molecule has 8 nitrogen and oxygen atoms in total. The zero-order valence-electron chi connectivity index (χ0n) is 18.5. The van der Waals surface area contributed by atoms with Gasteiger partial charge in [-0.25, -0.2) is 9.73 Å². The Hall–Kier alpha value is -4.11. The summed E-state index contributed by atoms with van der Waals surface area (Å²) in [5.41, 5.74) is 3.29. The Labute approximate surface area is 199 Å². The molecule has 0 bridgehead atoms. The van der Waals surface area contributed by atoms with Crippen molar-refractivity contribution in [2.45, 2.75) is 11.4 Å². The molecule has 3 aromatic carbocycles. The predicted octanol–water partition coefficient (Wildman–Crippen LogP) is 3.90. The van der Waals surface area contributed by atoms with E-state index in [4.69, 9.17) is 4.74 Å². The monoisotopic (exact) mass is 471 g/mol. The molecule has 0 spiro atoms. The van der Waals surface area contributed by atoms with Gasteiger partial charge in [0, 0.05) is 22.6 Å². The molecule has 0 atom stereocenters. The van der Waals surface area contributed by atoms with E-state index >= 15 is 0 Å². The molecule has 2 N–H and O–H groups in total. The number of nitrogens with zero attached hydrogens (tertiary/aromatic N) is 3. The highest BCUT2D eigenvalue weighted by molar-refractivity contribution is 7.98. The highest BCUT2D eigenvalue weighted by atomic mass is 32.2. The largest absolute Gasteiger partial charge is 0.497 e. The second-order valence-corrected chi connectivity index (χ2v) is 8.51. The summed E-state index contributed by atoms with van der Waals surface area (Å²) in [6.45, 7) is 0.406. The molecule has 0 unspecified atom stereocenters. The van der Waals surface area contributed by atoms with Gasteiger partial charge in [0.25, 0.3) is 11.5 Å². The van der Waals surface area contributed by atoms with E-state index in [1.165, 1.54) is 4.90 Å². The molecule has 0 aliphatic carbocycles. The van der Waals surface area contributed by atoms with Gasteiger partial charge in [0.15, 0.2) is 5.65 Å². The first-order chi connectivity index (χ1) is 16.6. The summed E-state index contributed by atoms with van der Waals surface area (Å²) in [6.07, 6.45) is 2.02. The molecular weight excluding hydrogens is 450 g/mol. The fourth-order valence-corrected chi connectivity index (χ4v) is 4.15. The summed E-state index contributed by atoms with van der Waals surface area (Å²) in [6, 6.07) is 20.3. The van der Waals surface area contributed by atoms with Crippen LogP contribution in [-0.4, -0.2) is 39.1 Å². The molecule has 1 amide bonds. The number of hydrogen-bond donors (Lipinski definition) is 2. The number of fused-ring (bicyclic) bond motifs is 3. The van der Waals surface area contributed by atoms with Gasteiger partial charge in [-0.1, -0.05) is 12.1 Å². The molecule has 0 saturated carbocycles. The van der Waals surface area contributed by atoms with Crippen molar-refractivity contribution in [1.29, 1.82) is 0 Å². The number of ether oxygens (including phenoxy) is 1. The van der Waals surface area contributed by atoms with Crippen LogP contribution in [0, 0.1) is 0 Å². The lowest BCUT2D eigenvalue weighted by Crippen LogP contribution is -2.23. The Morgan fingerprint density at radius 1 is 1.09 bits per heavy atom. The molecule has 34 heavy (non-hydrogen) atoms. The van der Waals surface area contributed by atoms with Crippen LogP contribution in [-0.2, 0) is 6.54 Å². The third-order valence-electron chi connectivity index (χ3n) is 5.60. The normalized spacial score (nSPS) is 11.1. The number of aromatic amines is 1. The van der Waals surface area contributed by atoms with Crippen LogP contribution in [0.25, 0.3) is 27.8 Å². The number of benzene rings is 3. The van der Waals surface area contributed by atoms with Crippen LogP contribution in [0.15, 0.2) is 76.4 Å². The van der Waals surface area contributed by atoms with E-state index in [1.54, 1.807) is 41.6 Å². The lowest BCUT2D eigenvalue weighted by atomic mass is 10.1.